The van der Waals surface area contributed by atoms with Crippen LogP contribution in [0.25, 0.3) is 0 Å². The number of carbonyl (C=O) groups excluding carboxylic acids is 1. The number of halogens is 1. The molecule has 0 saturated heterocycles. The number of carbonyl (C=O) groups is 1. The number of nitrogens with one attached hydrogen (secondary N) is 1. The molecule has 2 rings (SSSR count). The van der Waals surface area contributed by atoms with E-state index in [1.54, 1.807) is 19.3 Å². The van der Waals surface area contributed by atoms with Crippen LogP contribution < -0.4 is 5.32 Å². The van der Waals surface area contributed by atoms with E-state index in [1.807, 2.05) is 0 Å². The molecule has 0 atom stereocenters. The molecule has 0 fully saturated rings. The number of nitriles is 1. The van der Waals surface area contributed by atoms with Crippen molar-refractivity contribution in [1.82, 2.24) is 9.78 Å². The zero-order valence-electron chi connectivity index (χ0n) is 9.51. The molecule has 1 amide bonds. The molecule has 0 radical (unpaired) electrons. The number of aryl methyl sites for hydroxylation is 1. The fraction of sp³-hybridized carbons (Fsp3) is 0.0833. The summed E-state index contributed by atoms with van der Waals surface area (Å²) in [7, 11) is 1.70. The number of hydrogen-bond donors (Lipinski definition) is 1. The van der Waals surface area contributed by atoms with Gasteiger partial charge in [-0.2, -0.15) is 10.4 Å². The van der Waals surface area contributed by atoms with Gasteiger partial charge in [0.1, 0.15) is 11.9 Å². The molecule has 0 spiro atoms. The molecule has 1 aromatic heterocycles. The Labute approximate surface area is 102 Å². The second-order valence-corrected chi connectivity index (χ2v) is 3.66. The van der Waals surface area contributed by atoms with Crippen molar-refractivity contribution in [3.63, 3.8) is 0 Å². The maximum atomic E-state index is 13.1. The summed E-state index contributed by atoms with van der Waals surface area (Å²) in [5.74, 6) is -0.976. The Bertz CT molecular complexity index is 642. The summed E-state index contributed by atoms with van der Waals surface area (Å²) in [5, 5.41) is 15.1. The lowest BCUT2D eigenvalue weighted by Gasteiger charge is -2.04. The molecule has 1 N–H and O–H groups in total. The van der Waals surface area contributed by atoms with Crippen molar-refractivity contribution in [2.75, 3.05) is 5.32 Å². The lowest BCUT2D eigenvalue weighted by molar-refractivity contribution is 0.102. The number of anilines is 1. The molecule has 2 aromatic rings. The summed E-state index contributed by atoms with van der Waals surface area (Å²) in [5.41, 5.74) is 0.640. The van der Waals surface area contributed by atoms with E-state index in [1.165, 1.54) is 23.0 Å². The predicted molar refractivity (Wildman–Crippen MR) is 62.3 cm³/mol. The van der Waals surface area contributed by atoms with Crippen molar-refractivity contribution in [3.8, 4) is 6.07 Å². The summed E-state index contributed by atoms with van der Waals surface area (Å²) in [6.45, 7) is 0. The van der Waals surface area contributed by atoms with E-state index in [0.717, 1.165) is 6.07 Å². The van der Waals surface area contributed by atoms with Crippen LogP contribution in [0.15, 0.2) is 30.6 Å². The van der Waals surface area contributed by atoms with E-state index in [-0.39, 0.29) is 11.5 Å². The number of benzene rings is 1. The quantitative estimate of drug-likeness (QED) is 0.873. The number of nitrogens with zero attached hydrogens (tertiary/aromatic N) is 3. The van der Waals surface area contributed by atoms with Gasteiger partial charge in [0, 0.05) is 18.9 Å². The molecule has 1 heterocycles. The topological polar surface area (TPSA) is 70.7 Å². The number of hydrogen-bond acceptors (Lipinski definition) is 3. The van der Waals surface area contributed by atoms with E-state index in [4.69, 9.17) is 5.26 Å². The average Bonchev–Trinajstić information content (AvgIpc) is 2.78. The molecular weight excluding hydrogens is 235 g/mol. The summed E-state index contributed by atoms with van der Waals surface area (Å²) >= 11 is 0. The highest BCUT2D eigenvalue weighted by Crippen LogP contribution is 2.14. The fourth-order valence-electron chi connectivity index (χ4n) is 1.43. The molecule has 5 nitrogen and oxygen atoms in total. The smallest absolute Gasteiger partial charge is 0.258 e. The standard InChI is InChI=1S/C12H9FN4O/c1-17-7-9(6-15-17)12(18)16-10-2-3-11(13)8(4-10)5-14/h2-4,6-7H,1H3,(H,16,18). The first kappa shape index (κ1) is 11.8. The van der Waals surface area contributed by atoms with E-state index in [9.17, 15) is 9.18 Å². The fourth-order valence-corrected chi connectivity index (χ4v) is 1.43. The van der Waals surface area contributed by atoms with Crippen LogP contribution in [0.2, 0.25) is 0 Å². The van der Waals surface area contributed by atoms with E-state index < -0.39 is 5.82 Å². The highest BCUT2D eigenvalue weighted by molar-refractivity contribution is 6.03. The number of aromatic nitrogens is 2. The van der Waals surface area contributed by atoms with Crippen LogP contribution in [0.5, 0.6) is 0 Å². The van der Waals surface area contributed by atoms with Crippen LogP contribution in [0, 0.1) is 17.1 Å². The minimum absolute atomic E-state index is 0.112. The summed E-state index contributed by atoms with van der Waals surface area (Å²) in [6, 6.07) is 5.52. The first-order chi connectivity index (χ1) is 8.60. The number of amides is 1. The van der Waals surface area contributed by atoms with Crippen molar-refractivity contribution >= 4 is 11.6 Å². The minimum Gasteiger partial charge on any atom is -0.322 e. The molecule has 1 aromatic carbocycles. The van der Waals surface area contributed by atoms with Gasteiger partial charge in [0.2, 0.25) is 0 Å². The van der Waals surface area contributed by atoms with Gasteiger partial charge in [0.15, 0.2) is 0 Å². The van der Waals surface area contributed by atoms with Crippen molar-refractivity contribution in [2.45, 2.75) is 0 Å². The highest BCUT2D eigenvalue weighted by Gasteiger charge is 2.09. The van der Waals surface area contributed by atoms with Gasteiger partial charge in [-0.15, -0.1) is 0 Å². The molecule has 6 heteroatoms. The monoisotopic (exact) mass is 244 g/mol. The first-order valence-corrected chi connectivity index (χ1v) is 5.10. The van der Waals surface area contributed by atoms with Crippen molar-refractivity contribution < 1.29 is 9.18 Å². The van der Waals surface area contributed by atoms with Crippen LogP contribution in [-0.4, -0.2) is 15.7 Å². The van der Waals surface area contributed by atoms with Gasteiger partial charge in [0.05, 0.1) is 17.3 Å². The summed E-state index contributed by atoms with van der Waals surface area (Å²) in [4.78, 5) is 11.8. The van der Waals surface area contributed by atoms with Gasteiger partial charge in [0.25, 0.3) is 5.91 Å². The van der Waals surface area contributed by atoms with Crippen molar-refractivity contribution in [1.29, 1.82) is 5.26 Å². The van der Waals surface area contributed by atoms with Gasteiger partial charge in [-0.05, 0) is 18.2 Å². The van der Waals surface area contributed by atoms with Crippen LogP contribution in [-0.2, 0) is 7.05 Å². The second-order valence-electron chi connectivity index (χ2n) is 3.66. The average molecular weight is 244 g/mol. The molecule has 0 aliphatic rings. The Morgan fingerprint density at radius 1 is 1.56 bits per heavy atom. The molecule has 90 valence electrons. The van der Waals surface area contributed by atoms with Crippen molar-refractivity contribution in [2.24, 2.45) is 7.05 Å². The molecule has 0 unspecified atom stereocenters. The second kappa shape index (κ2) is 4.67. The maximum Gasteiger partial charge on any atom is 0.258 e. The Kier molecular flexibility index (Phi) is 3.06. The normalized spacial score (nSPS) is 9.83. The van der Waals surface area contributed by atoms with Gasteiger partial charge < -0.3 is 5.32 Å². The molecule has 18 heavy (non-hydrogen) atoms. The van der Waals surface area contributed by atoms with E-state index in [2.05, 4.69) is 10.4 Å². The molecule has 0 aliphatic heterocycles. The van der Waals surface area contributed by atoms with Gasteiger partial charge >= 0.3 is 0 Å². The largest absolute Gasteiger partial charge is 0.322 e. The third-order valence-electron chi connectivity index (χ3n) is 2.31. The maximum absolute atomic E-state index is 13.1. The molecule has 0 aliphatic carbocycles. The van der Waals surface area contributed by atoms with Crippen LogP contribution in [0.4, 0.5) is 10.1 Å². The number of rotatable bonds is 2. The SMILES string of the molecule is Cn1cc(C(=O)Nc2ccc(F)c(C#N)c2)cn1. The zero-order chi connectivity index (χ0) is 13.1. The van der Waals surface area contributed by atoms with Gasteiger partial charge in [-0.25, -0.2) is 4.39 Å². The zero-order valence-corrected chi connectivity index (χ0v) is 9.51. The Morgan fingerprint density at radius 3 is 2.94 bits per heavy atom. The predicted octanol–water partition coefficient (Wildman–Crippen LogP) is 1.68. The highest BCUT2D eigenvalue weighted by atomic mass is 19.1. The van der Waals surface area contributed by atoms with Crippen molar-refractivity contribution in [3.05, 3.63) is 47.5 Å². The minimum atomic E-state index is -0.614. The lowest BCUT2D eigenvalue weighted by Crippen LogP contribution is -2.11. The summed E-state index contributed by atoms with van der Waals surface area (Å²) < 4.78 is 14.6. The van der Waals surface area contributed by atoms with E-state index >= 15 is 0 Å². The van der Waals surface area contributed by atoms with Crippen LogP contribution in [0.1, 0.15) is 15.9 Å². The Morgan fingerprint density at radius 2 is 2.33 bits per heavy atom. The van der Waals surface area contributed by atoms with E-state index in [0.29, 0.717) is 11.3 Å². The lowest BCUT2D eigenvalue weighted by atomic mass is 10.2. The third kappa shape index (κ3) is 2.35. The molecular formula is C12H9FN4O. The van der Waals surface area contributed by atoms with Gasteiger partial charge in [-0.3, -0.25) is 9.48 Å². The third-order valence-corrected chi connectivity index (χ3v) is 2.31. The Hall–Kier alpha value is -2.68. The first-order valence-electron chi connectivity index (χ1n) is 5.10. The Balaban J connectivity index is 2.20. The molecule has 0 saturated carbocycles. The van der Waals surface area contributed by atoms with Crippen LogP contribution >= 0.6 is 0 Å². The van der Waals surface area contributed by atoms with Gasteiger partial charge in [-0.1, -0.05) is 0 Å². The van der Waals surface area contributed by atoms with Crippen LogP contribution in [0.3, 0.4) is 0 Å². The molecule has 0 bridgehead atoms. The summed E-state index contributed by atoms with van der Waals surface area (Å²) in [6.07, 6.45) is 2.98.